The van der Waals surface area contributed by atoms with Gasteiger partial charge in [0.2, 0.25) is 47.8 Å². The number of rotatable bonds is 21. The van der Waals surface area contributed by atoms with Crippen LogP contribution in [0.15, 0.2) is 177 Å². The first kappa shape index (κ1) is 90.2. The first-order valence-corrected chi connectivity index (χ1v) is 47.1. The lowest BCUT2D eigenvalue weighted by Gasteiger charge is -2.41. The summed E-state index contributed by atoms with van der Waals surface area (Å²) < 4.78 is 158. The molecule has 7 aliphatic rings. The SMILES string of the molecule is Cc1c(F)c(F)c(S(=O)(=O)N2CC[C@@H]2C(=O)N(Cc2ccc(C3CCCCC3)cn2)c2ccc3c(c2)CN(C)C3=O)c(F)c1F.Cc1c(F)cc(S(=O)(=O)N2CC[C@@H]2C(=O)N(Cc2ccc(C3CCCCC3)cn2)c2ccn(C)c(=O)c2)cc1C#N.Cc1ccc(S(=O)(=O)N2CC[C@@H]2C(=O)N(Cc2ccc(C3CCCCC3)cn2)c2ccc3c(=O)[nH]ncc3c2)cc1. The monoisotopic (exact) mass is 1790 g/mol. The van der Waals surface area contributed by atoms with Crippen LogP contribution >= 0.6 is 0 Å². The fourth-order valence-corrected chi connectivity index (χ4v) is 22.8. The molecule has 26 nitrogen and oxygen atoms in total. The number of aryl methyl sites for hydroxylation is 2. The lowest BCUT2D eigenvalue weighted by Crippen LogP contribution is -2.59. The number of nitriles is 1. The summed E-state index contributed by atoms with van der Waals surface area (Å²) in [4.78, 5) is 97.1. The summed E-state index contributed by atoms with van der Waals surface area (Å²) in [6.45, 7) is 4.59. The van der Waals surface area contributed by atoms with Crippen LogP contribution < -0.4 is 25.8 Å². The van der Waals surface area contributed by atoms with E-state index in [1.54, 1.807) is 98.1 Å². The second kappa shape index (κ2) is 37.7. The van der Waals surface area contributed by atoms with E-state index in [-0.39, 0.29) is 96.0 Å². The molecule has 0 bridgehead atoms. The molecular formula is C93H97F5N14O12S3. The van der Waals surface area contributed by atoms with Crippen molar-refractivity contribution in [3.63, 3.8) is 0 Å². The van der Waals surface area contributed by atoms with E-state index < -0.39 is 99.6 Å². The summed E-state index contributed by atoms with van der Waals surface area (Å²) in [5.41, 5.74) is 7.01. The van der Waals surface area contributed by atoms with Gasteiger partial charge in [0, 0.05) is 105 Å². The lowest BCUT2D eigenvalue weighted by molar-refractivity contribution is -0.125. The Hall–Kier alpha value is -11.6. The number of fused-ring (bicyclic) bond motifs is 2. The third-order valence-electron chi connectivity index (χ3n) is 25.7. The molecule has 0 radical (unpaired) electrons. The minimum Gasteiger partial charge on any atom is -0.337 e. The second-order valence-electron chi connectivity index (χ2n) is 33.8. The van der Waals surface area contributed by atoms with Gasteiger partial charge in [-0.3, -0.25) is 43.7 Å². The van der Waals surface area contributed by atoms with Gasteiger partial charge in [0.15, 0.2) is 28.2 Å². The maximum absolute atomic E-state index is 14.8. The fourth-order valence-electron chi connectivity index (χ4n) is 17.8. The first-order chi connectivity index (χ1) is 60.8. The van der Waals surface area contributed by atoms with Gasteiger partial charge in [-0.1, -0.05) is 93.7 Å². The van der Waals surface area contributed by atoms with E-state index in [0.717, 1.165) is 73.0 Å². The maximum Gasteiger partial charge on any atom is 0.272 e. The molecule has 127 heavy (non-hydrogen) atoms. The summed E-state index contributed by atoms with van der Waals surface area (Å²) in [5.74, 6) is -8.87. The molecule has 0 spiro atoms. The molecule has 3 saturated carbocycles. The number of carbonyl (C=O) groups is 4. The van der Waals surface area contributed by atoms with Crippen LogP contribution in [0.4, 0.5) is 39.0 Å². The Morgan fingerprint density at radius 2 is 0.921 bits per heavy atom. The molecule has 3 saturated heterocycles. The zero-order valence-corrected chi connectivity index (χ0v) is 73.4. The quantitative estimate of drug-likeness (QED) is 0.0516. The van der Waals surface area contributed by atoms with Gasteiger partial charge in [-0.25, -0.2) is 52.3 Å². The van der Waals surface area contributed by atoms with E-state index in [2.05, 4.69) is 26.2 Å². The van der Waals surface area contributed by atoms with Gasteiger partial charge in [0.1, 0.15) is 23.9 Å². The largest absolute Gasteiger partial charge is 0.337 e. The molecule has 3 aliphatic carbocycles. The van der Waals surface area contributed by atoms with Gasteiger partial charge in [-0.05, 0) is 203 Å². The Balaban J connectivity index is 0.000000147. The van der Waals surface area contributed by atoms with Gasteiger partial charge in [-0.2, -0.15) is 23.3 Å². The highest BCUT2D eigenvalue weighted by Crippen LogP contribution is 2.41. The van der Waals surface area contributed by atoms with Crippen LogP contribution in [-0.2, 0) is 77.7 Å². The summed E-state index contributed by atoms with van der Waals surface area (Å²) in [6, 6.07) is 31.9. The molecular weight excluding hydrogens is 1700 g/mol. The fraction of sp³-hybridized carbons (Fsp3) is 0.387. The highest BCUT2D eigenvalue weighted by molar-refractivity contribution is 7.89. The minimum absolute atomic E-state index is 0.00877. The molecule has 5 aromatic heterocycles. The van der Waals surface area contributed by atoms with E-state index in [1.165, 1.54) is 112 Å². The van der Waals surface area contributed by atoms with Crippen LogP contribution in [0.25, 0.3) is 10.8 Å². The number of pyridine rings is 4. The van der Waals surface area contributed by atoms with E-state index in [4.69, 9.17) is 4.98 Å². The minimum atomic E-state index is -5.16. The van der Waals surface area contributed by atoms with E-state index in [9.17, 15) is 81.2 Å². The molecule has 664 valence electrons. The number of nitrogens with one attached hydrogen (secondary N) is 1. The molecule has 17 rings (SSSR count). The predicted octanol–water partition coefficient (Wildman–Crippen LogP) is 14.4. The number of carbonyl (C=O) groups excluding carboxylic acids is 4. The number of halogens is 5. The number of aromatic nitrogens is 6. The smallest absolute Gasteiger partial charge is 0.272 e. The van der Waals surface area contributed by atoms with Crippen LogP contribution in [0.5, 0.6) is 0 Å². The van der Waals surface area contributed by atoms with Crippen LogP contribution in [0.2, 0.25) is 0 Å². The lowest BCUT2D eigenvalue weighted by atomic mass is 9.85. The standard InChI is InChI=1S/C32H32F4N4O4S.C31H33N5O4S.C30H32FN5O4S/c1-18-26(33)28(35)30(29(36)27(18)34)45(43,44)40-13-12-25(40)32(42)39(23-10-11-24-21(14-23)16-38(2)31(24)41)17-22-9-8-20(15-37-22)19-6-4-3-5-7-19;1-21-7-12-27(13-8-21)41(39,40)36-16-15-29(36)31(38)35(26-11-14-28-24(17-26)19-33-34-30(28)37)20-25-10-9-23(18-32-25)22-5-3-2-4-6-22;1-20-23(17-32)14-26(16-27(20)31)41(39,40)36-13-11-28(36)30(38)35(25-10-12-34(2)29(37)15-25)19-24-9-8-22(18-33-24)21-6-4-3-5-7-21/h8-11,14-15,19,25H,3-7,12-13,16-17H2,1-2H3;7-14,17-19,22,29H,2-6,15-16,20H2,1H3,(H,34,37);8-10,12,14-16,18,21,28H,3-7,11,13,19H2,1-2H3/t25-;29-;28-/m111/s1. The van der Waals surface area contributed by atoms with Crippen LogP contribution in [0.1, 0.15) is 205 Å². The van der Waals surface area contributed by atoms with Crippen molar-refractivity contribution in [1.82, 2.24) is 47.5 Å². The van der Waals surface area contributed by atoms with Crippen molar-refractivity contribution in [3.8, 4) is 6.07 Å². The molecule has 5 aromatic carbocycles. The number of sulfonamides is 3. The normalized spacial score (nSPS) is 18.4. The van der Waals surface area contributed by atoms with Crippen molar-refractivity contribution in [2.45, 2.75) is 213 Å². The molecule has 34 heteroatoms. The number of benzene rings is 5. The van der Waals surface area contributed by atoms with Gasteiger partial charge < -0.3 is 24.2 Å². The number of amides is 4. The molecule has 4 aliphatic heterocycles. The molecule has 0 unspecified atom stereocenters. The third-order valence-corrected chi connectivity index (χ3v) is 31.5. The summed E-state index contributed by atoms with van der Waals surface area (Å²) in [7, 11) is -10.0. The average Bonchev–Trinajstić information content (AvgIpc) is 0.911. The number of hydrogen-bond donors (Lipinski definition) is 1. The zero-order valence-electron chi connectivity index (χ0n) is 70.9. The van der Waals surface area contributed by atoms with Gasteiger partial charge in [0.25, 0.3) is 17.0 Å². The van der Waals surface area contributed by atoms with Crippen molar-refractivity contribution in [2.75, 3.05) is 41.4 Å². The number of aromatic amines is 1. The maximum atomic E-state index is 14.8. The highest BCUT2D eigenvalue weighted by Gasteiger charge is 2.50. The van der Waals surface area contributed by atoms with Crippen LogP contribution in [-0.4, -0.2) is 141 Å². The molecule has 1 N–H and O–H groups in total. The Morgan fingerprint density at radius 3 is 1.35 bits per heavy atom. The Morgan fingerprint density at radius 1 is 0.480 bits per heavy atom. The topological polar surface area (TPSA) is 324 Å². The Bertz CT molecular complexity index is 6400. The molecule has 10 aromatic rings. The summed E-state index contributed by atoms with van der Waals surface area (Å²) >= 11 is 0. The van der Waals surface area contributed by atoms with Crippen LogP contribution in [0.3, 0.4) is 0 Å². The van der Waals surface area contributed by atoms with Crippen molar-refractivity contribution < 1.29 is 66.4 Å². The molecule has 9 heterocycles. The van der Waals surface area contributed by atoms with Crippen molar-refractivity contribution >= 4 is 81.5 Å². The number of anilines is 3. The van der Waals surface area contributed by atoms with Crippen LogP contribution in [0, 0.1) is 61.2 Å². The Labute approximate surface area is 733 Å². The van der Waals surface area contributed by atoms with Gasteiger partial charge >= 0.3 is 0 Å². The molecule has 4 amide bonds. The van der Waals surface area contributed by atoms with Crippen molar-refractivity contribution in [2.24, 2.45) is 7.05 Å². The molecule has 6 fully saturated rings. The molecule has 3 atom stereocenters. The average molecular weight is 1790 g/mol. The van der Waals surface area contributed by atoms with Gasteiger partial charge in [0.05, 0.1) is 75.4 Å². The summed E-state index contributed by atoms with van der Waals surface area (Å²) in [6.07, 6.45) is 27.0. The van der Waals surface area contributed by atoms with Gasteiger partial charge in [-0.15, -0.1) is 0 Å². The van der Waals surface area contributed by atoms with E-state index in [0.29, 0.717) is 91.1 Å². The number of hydrogen-bond acceptors (Lipinski definition) is 17. The Kier molecular flexibility index (Phi) is 26.8. The summed E-state index contributed by atoms with van der Waals surface area (Å²) in [5, 5.41) is 16.7. The van der Waals surface area contributed by atoms with E-state index >= 15 is 0 Å². The second-order valence-corrected chi connectivity index (χ2v) is 39.4. The van der Waals surface area contributed by atoms with Crippen molar-refractivity contribution in [3.05, 3.63) is 269 Å². The third kappa shape index (κ3) is 18.6. The zero-order chi connectivity index (χ0) is 90.1. The first-order valence-electron chi connectivity index (χ1n) is 42.8. The van der Waals surface area contributed by atoms with Crippen molar-refractivity contribution in [1.29, 1.82) is 5.26 Å². The number of H-pyrrole nitrogens is 1. The predicted molar refractivity (Wildman–Crippen MR) is 465 cm³/mol. The number of nitrogens with zero attached hydrogens (tertiary/aromatic N) is 13. The highest BCUT2D eigenvalue weighted by atomic mass is 32.2. The van der Waals surface area contributed by atoms with E-state index in [1.807, 2.05) is 55.7 Å².